The fourth-order valence-corrected chi connectivity index (χ4v) is 4.35. The highest BCUT2D eigenvalue weighted by atomic mass is 16.6. The number of ether oxygens (including phenoxy) is 10. The zero-order valence-electron chi connectivity index (χ0n) is 38.1. The molecule has 5 fully saturated rings. The number of epoxide rings is 5. The van der Waals surface area contributed by atoms with E-state index < -0.39 is 0 Å². The average Bonchev–Trinajstić information content (AvgIpc) is 4.10. The first-order valence-electron chi connectivity index (χ1n) is 22.2. The minimum atomic E-state index is 0.343. The van der Waals surface area contributed by atoms with E-state index in [-0.39, 0.29) is 0 Å². The minimum Gasteiger partial charge on any atom is -0.491 e. The molecule has 5 unspecified atom stereocenters. The summed E-state index contributed by atoms with van der Waals surface area (Å²) in [6, 6.07) is 48.9. The predicted molar refractivity (Wildman–Crippen MR) is 249 cm³/mol. The van der Waals surface area contributed by atoms with Gasteiger partial charge >= 0.3 is 0 Å². The molecule has 5 aromatic carbocycles. The monoisotopic (exact) mass is 866 g/mol. The lowest BCUT2D eigenvalue weighted by Gasteiger charge is -2.01. The lowest BCUT2D eigenvalue weighted by Crippen LogP contribution is -2.03. The molecular formula is C53H70O10. The summed E-state index contributed by atoms with van der Waals surface area (Å²) in [5.74, 6) is 6.26. The Balaban J connectivity index is 0.000000166. The third kappa shape index (κ3) is 30.6. The Bertz CT molecular complexity index is 1470. The standard InChI is InChI=1S/5C9H10O2.2C4H10/c5*1-2-4-8(5-3-1)10-6-9-7-11-9;2*1-4(2)3/h5*1-5,9H,6-7H2;2*4H,1-3H3. The minimum absolute atomic E-state index is 0.343. The number of para-hydroxylation sites is 5. The highest BCUT2D eigenvalue weighted by Crippen LogP contribution is 2.17. The zero-order chi connectivity index (χ0) is 44.7. The second-order valence-corrected chi connectivity index (χ2v) is 16.4. The Morgan fingerprint density at radius 3 is 0.540 bits per heavy atom. The maximum atomic E-state index is 5.40. The molecule has 63 heavy (non-hydrogen) atoms. The van der Waals surface area contributed by atoms with Gasteiger partial charge in [0.15, 0.2) is 0 Å². The Morgan fingerprint density at radius 1 is 0.302 bits per heavy atom. The van der Waals surface area contributed by atoms with Gasteiger partial charge in [-0.2, -0.15) is 0 Å². The van der Waals surface area contributed by atoms with Gasteiger partial charge in [0.1, 0.15) is 92.3 Å². The summed E-state index contributed by atoms with van der Waals surface area (Å²) < 4.78 is 52.1. The normalized spacial score (nSPS) is 19.7. The van der Waals surface area contributed by atoms with Crippen molar-refractivity contribution in [3.63, 3.8) is 0 Å². The summed E-state index contributed by atoms with van der Waals surface area (Å²) in [6.45, 7) is 20.7. The van der Waals surface area contributed by atoms with Gasteiger partial charge in [-0.05, 0) is 72.5 Å². The third-order valence-electron chi connectivity index (χ3n) is 7.91. The fraction of sp³-hybridized carbons (Fsp3) is 0.434. The van der Waals surface area contributed by atoms with Crippen LogP contribution in [0.3, 0.4) is 0 Å². The number of benzene rings is 5. The Kier molecular flexibility index (Phi) is 24.8. The fourth-order valence-electron chi connectivity index (χ4n) is 4.35. The SMILES string of the molecule is CC(C)C.CC(C)C.c1ccc(OCC2CO2)cc1.c1ccc(OCC2CO2)cc1.c1ccc(OCC2CO2)cc1.c1ccc(OCC2CO2)cc1.c1ccc(OCC2CO2)cc1. The molecule has 5 aliphatic heterocycles. The van der Waals surface area contributed by atoms with E-state index in [1.165, 1.54) is 0 Å². The van der Waals surface area contributed by atoms with Crippen molar-refractivity contribution < 1.29 is 47.4 Å². The molecule has 0 N–H and O–H groups in total. The van der Waals surface area contributed by atoms with Crippen LogP contribution in [-0.4, -0.2) is 96.6 Å². The summed E-state index contributed by atoms with van der Waals surface area (Å²) >= 11 is 0. The van der Waals surface area contributed by atoms with Gasteiger partial charge in [0.25, 0.3) is 0 Å². The molecule has 0 radical (unpaired) electrons. The molecular weight excluding hydrogens is 797 g/mol. The van der Waals surface area contributed by atoms with E-state index >= 15 is 0 Å². The van der Waals surface area contributed by atoms with Crippen molar-refractivity contribution in [3.05, 3.63) is 152 Å². The second-order valence-electron chi connectivity index (χ2n) is 16.4. The molecule has 10 rings (SSSR count). The van der Waals surface area contributed by atoms with Crippen LogP contribution in [0.2, 0.25) is 0 Å². The van der Waals surface area contributed by atoms with Gasteiger partial charge in [0.05, 0.1) is 33.0 Å². The molecule has 5 saturated heterocycles. The van der Waals surface area contributed by atoms with Crippen LogP contribution in [0.1, 0.15) is 41.5 Å². The Morgan fingerprint density at radius 2 is 0.429 bits per heavy atom. The molecule has 0 bridgehead atoms. The molecule has 5 aromatic rings. The first-order valence-corrected chi connectivity index (χ1v) is 22.2. The van der Waals surface area contributed by atoms with Crippen LogP contribution in [0.5, 0.6) is 28.7 Å². The third-order valence-corrected chi connectivity index (χ3v) is 7.91. The smallest absolute Gasteiger partial charge is 0.119 e. The first kappa shape index (κ1) is 50.5. The van der Waals surface area contributed by atoms with E-state index in [2.05, 4.69) is 41.5 Å². The molecule has 5 heterocycles. The van der Waals surface area contributed by atoms with Crippen molar-refractivity contribution in [2.24, 2.45) is 11.8 Å². The summed E-state index contributed by atoms with van der Waals surface area (Å²) in [5, 5.41) is 0. The van der Waals surface area contributed by atoms with Gasteiger partial charge in [-0.3, -0.25) is 0 Å². The highest BCUT2D eigenvalue weighted by Gasteiger charge is 2.25. The van der Waals surface area contributed by atoms with E-state index in [0.717, 1.165) is 73.6 Å². The number of rotatable bonds is 15. The van der Waals surface area contributed by atoms with Crippen LogP contribution in [0.4, 0.5) is 0 Å². The summed E-state index contributed by atoms with van der Waals surface area (Å²) in [6.07, 6.45) is 1.71. The quantitative estimate of drug-likeness (QED) is 0.0944. The molecule has 5 aliphatic rings. The van der Waals surface area contributed by atoms with Crippen LogP contribution in [0, 0.1) is 11.8 Å². The van der Waals surface area contributed by atoms with E-state index in [0.29, 0.717) is 63.6 Å². The van der Waals surface area contributed by atoms with Crippen molar-refractivity contribution in [1.29, 1.82) is 0 Å². The first-order chi connectivity index (χ1) is 30.7. The second kappa shape index (κ2) is 30.9. The van der Waals surface area contributed by atoms with Crippen LogP contribution in [-0.2, 0) is 23.7 Å². The van der Waals surface area contributed by atoms with Crippen molar-refractivity contribution in [2.45, 2.75) is 72.1 Å². The van der Waals surface area contributed by atoms with E-state index in [4.69, 9.17) is 47.4 Å². The lowest BCUT2D eigenvalue weighted by molar-refractivity contribution is 0.263. The van der Waals surface area contributed by atoms with Gasteiger partial charge in [-0.1, -0.05) is 133 Å². The largest absolute Gasteiger partial charge is 0.491 e. The Labute approximate surface area is 376 Å². The number of hydrogen-bond acceptors (Lipinski definition) is 10. The molecule has 10 heteroatoms. The predicted octanol–water partition coefficient (Wildman–Crippen LogP) is 10.6. The maximum Gasteiger partial charge on any atom is 0.119 e. The lowest BCUT2D eigenvalue weighted by atomic mass is 10.3. The molecule has 5 atom stereocenters. The van der Waals surface area contributed by atoms with Crippen LogP contribution in [0.25, 0.3) is 0 Å². The van der Waals surface area contributed by atoms with Gasteiger partial charge in [-0.15, -0.1) is 0 Å². The Hall–Kier alpha value is -5.10. The van der Waals surface area contributed by atoms with Crippen molar-refractivity contribution in [1.82, 2.24) is 0 Å². The van der Waals surface area contributed by atoms with E-state index in [1.54, 1.807) is 0 Å². The maximum absolute atomic E-state index is 5.40. The van der Waals surface area contributed by atoms with Gasteiger partial charge in [0, 0.05) is 0 Å². The van der Waals surface area contributed by atoms with Crippen LogP contribution >= 0.6 is 0 Å². The summed E-state index contributed by atoms with van der Waals surface area (Å²) in [7, 11) is 0. The molecule has 0 spiro atoms. The van der Waals surface area contributed by atoms with Gasteiger partial charge < -0.3 is 47.4 Å². The van der Waals surface area contributed by atoms with Crippen LogP contribution < -0.4 is 23.7 Å². The zero-order valence-corrected chi connectivity index (χ0v) is 38.1. The molecule has 0 aromatic heterocycles. The van der Waals surface area contributed by atoms with Gasteiger partial charge in [0.2, 0.25) is 0 Å². The van der Waals surface area contributed by atoms with Crippen LogP contribution in [0.15, 0.2) is 152 Å². The molecule has 0 saturated carbocycles. The highest BCUT2D eigenvalue weighted by molar-refractivity contribution is 5.23. The molecule has 342 valence electrons. The topological polar surface area (TPSA) is 109 Å². The van der Waals surface area contributed by atoms with Crippen molar-refractivity contribution in [3.8, 4) is 28.7 Å². The summed E-state index contributed by atoms with van der Waals surface area (Å²) in [4.78, 5) is 0. The van der Waals surface area contributed by atoms with E-state index in [1.807, 2.05) is 152 Å². The summed E-state index contributed by atoms with van der Waals surface area (Å²) in [5.41, 5.74) is 0. The molecule has 0 amide bonds. The molecule has 10 nitrogen and oxygen atoms in total. The van der Waals surface area contributed by atoms with Crippen molar-refractivity contribution in [2.75, 3.05) is 66.1 Å². The number of hydrogen-bond donors (Lipinski definition) is 0. The molecule has 0 aliphatic carbocycles. The van der Waals surface area contributed by atoms with Crippen molar-refractivity contribution >= 4 is 0 Å². The average molecular weight is 867 g/mol. The van der Waals surface area contributed by atoms with Gasteiger partial charge in [-0.25, -0.2) is 0 Å². The van der Waals surface area contributed by atoms with E-state index in [9.17, 15) is 0 Å².